The number of hydrogen-bond donors (Lipinski definition) is 0. The molecule has 0 atom stereocenters. The number of fused-ring (bicyclic) bond motifs is 2. The minimum Gasteiger partial charge on any atom is -0.495 e. The van der Waals surface area contributed by atoms with Gasteiger partial charge >= 0.3 is 0 Å². The van der Waals surface area contributed by atoms with Gasteiger partial charge < -0.3 is 4.74 Å². The molecule has 0 unspecified atom stereocenters. The summed E-state index contributed by atoms with van der Waals surface area (Å²) in [5, 5.41) is 0.591. The second-order valence-electron chi connectivity index (χ2n) is 6.30. The van der Waals surface area contributed by atoms with Crippen molar-refractivity contribution in [2.75, 3.05) is 13.7 Å². The van der Waals surface area contributed by atoms with Gasteiger partial charge in [0, 0.05) is 25.7 Å². The van der Waals surface area contributed by atoms with Crippen molar-refractivity contribution in [2.45, 2.75) is 17.9 Å². The Balaban J connectivity index is 1.75. The molecule has 0 amide bonds. The van der Waals surface area contributed by atoms with E-state index in [4.69, 9.17) is 27.9 Å². The number of halogens is 2. The highest BCUT2D eigenvalue weighted by atomic mass is 35.5. The predicted molar refractivity (Wildman–Crippen MR) is 106 cm³/mol. The number of methoxy groups -OCH3 is 1. The molecule has 7 nitrogen and oxygen atoms in total. The molecule has 3 heterocycles. The zero-order chi connectivity index (χ0) is 20.1. The lowest BCUT2D eigenvalue weighted by Gasteiger charge is -2.27. The molecular weight excluding hydrogens is 425 g/mol. The molecule has 146 valence electrons. The number of ether oxygens (including phenoxy) is 1. The number of benzene rings is 1. The summed E-state index contributed by atoms with van der Waals surface area (Å²) in [6, 6.07) is 7.59. The molecule has 1 aliphatic rings. The van der Waals surface area contributed by atoms with Crippen molar-refractivity contribution in [2.24, 2.45) is 0 Å². The first-order valence-electron chi connectivity index (χ1n) is 8.34. The summed E-state index contributed by atoms with van der Waals surface area (Å²) >= 11 is 12.1. The molecule has 10 heteroatoms. The van der Waals surface area contributed by atoms with Gasteiger partial charge in [-0.15, -0.1) is 0 Å². The molecule has 0 saturated carbocycles. The Labute approximate surface area is 171 Å². The van der Waals surface area contributed by atoms with Crippen molar-refractivity contribution in [3.8, 4) is 5.75 Å². The van der Waals surface area contributed by atoms with Gasteiger partial charge in [-0.1, -0.05) is 23.2 Å². The molecule has 0 aliphatic carbocycles. The van der Waals surface area contributed by atoms with Crippen LogP contribution in [0.4, 0.5) is 0 Å². The highest BCUT2D eigenvalue weighted by Crippen LogP contribution is 2.30. The Morgan fingerprint density at radius 1 is 1.18 bits per heavy atom. The lowest BCUT2D eigenvalue weighted by atomic mass is 10.1. The molecular formula is C18H15Cl2N3O4S. The molecule has 3 aromatic rings. The predicted octanol–water partition coefficient (Wildman–Crippen LogP) is 2.76. The molecule has 1 aromatic carbocycles. The summed E-state index contributed by atoms with van der Waals surface area (Å²) < 4.78 is 33.8. The second kappa shape index (κ2) is 7.04. The van der Waals surface area contributed by atoms with Crippen molar-refractivity contribution in [3.05, 3.63) is 68.2 Å². The van der Waals surface area contributed by atoms with E-state index < -0.39 is 10.0 Å². The number of sulfonamides is 1. The van der Waals surface area contributed by atoms with Crippen molar-refractivity contribution >= 4 is 38.9 Å². The normalized spacial score (nSPS) is 14.8. The van der Waals surface area contributed by atoms with Crippen LogP contribution in [0, 0.1) is 0 Å². The summed E-state index contributed by atoms with van der Waals surface area (Å²) in [6.07, 6.45) is 1.82. The Morgan fingerprint density at radius 3 is 2.68 bits per heavy atom. The van der Waals surface area contributed by atoms with E-state index in [1.54, 1.807) is 12.1 Å². The Bertz CT molecular complexity index is 1260. The largest absolute Gasteiger partial charge is 0.495 e. The lowest BCUT2D eigenvalue weighted by Crippen LogP contribution is -2.40. The summed E-state index contributed by atoms with van der Waals surface area (Å²) in [5.74, 6) is 0.385. The smallest absolute Gasteiger partial charge is 0.262 e. The van der Waals surface area contributed by atoms with Crippen LogP contribution in [-0.4, -0.2) is 35.8 Å². The Morgan fingerprint density at radius 2 is 1.96 bits per heavy atom. The first-order valence-corrected chi connectivity index (χ1v) is 10.5. The van der Waals surface area contributed by atoms with Crippen LogP contribution in [0.15, 0.2) is 46.2 Å². The van der Waals surface area contributed by atoms with Crippen molar-refractivity contribution in [3.63, 3.8) is 0 Å². The average Bonchev–Trinajstić information content (AvgIpc) is 2.68. The maximum atomic E-state index is 13.1. The van der Waals surface area contributed by atoms with Crippen LogP contribution in [0.2, 0.25) is 10.0 Å². The van der Waals surface area contributed by atoms with Crippen molar-refractivity contribution < 1.29 is 13.2 Å². The maximum Gasteiger partial charge on any atom is 0.262 e. The van der Waals surface area contributed by atoms with Crippen LogP contribution in [0.25, 0.3) is 5.65 Å². The van der Waals surface area contributed by atoms with E-state index in [1.807, 2.05) is 0 Å². The Hall–Kier alpha value is -2.13. The van der Waals surface area contributed by atoms with Crippen molar-refractivity contribution in [1.82, 2.24) is 13.7 Å². The third-order valence-electron chi connectivity index (χ3n) is 4.66. The van der Waals surface area contributed by atoms with E-state index in [2.05, 4.69) is 4.98 Å². The number of pyridine rings is 1. The third-order valence-corrected chi connectivity index (χ3v) is 7.02. The van der Waals surface area contributed by atoms with Crippen LogP contribution in [0.1, 0.15) is 11.3 Å². The number of aromatic nitrogens is 2. The van der Waals surface area contributed by atoms with Gasteiger partial charge in [0.25, 0.3) is 5.56 Å². The Kier molecular flexibility index (Phi) is 4.83. The van der Waals surface area contributed by atoms with E-state index >= 15 is 0 Å². The monoisotopic (exact) mass is 439 g/mol. The van der Waals surface area contributed by atoms with Crippen LogP contribution in [-0.2, 0) is 23.0 Å². The summed E-state index contributed by atoms with van der Waals surface area (Å²) in [7, 11) is -2.39. The molecule has 0 N–H and O–H groups in total. The molecule has 4 rings (SSSR count). The zero-order valence-electron chi connectivity index (χ0n) is 14.7. The average molecular weight is 440 g/mol. The molecule has 1 aliphatic heterocycles. The van der Waals surface area contributed by atoms with Gasteiger partial charge in [-0.2, -0.15) is 4.31 Å². The number of hydrogen-bond acceptors (Lipinski definition) is 5. The highest BCUT2D eigenvalue weighted by Gasteiger charge is 2.31. The van der Waals surface area contributed by atoms with Gasteiger partial charge in [0.05, 0.1) is 33.3 Å². The topological polar surface area (TPSA) is 81.0 Å². The van der Waals surface area contributed by atoms with Gasteiger partial charge in [0.15, 0.2) is 0 Å². The van der Waals surface area contributed by atoms with E-state index in [0.717, 1.165) is 0 Å². The van der Waals surface area contributed by atoms with Crippen molar-refractivity contribution in [1.29, 1.82) is 0 Å². The molecule has 0 spiro atoms. The van der Waals surface area contributed by atoms with E-state index in [-0.39, 0.29) is 28.6 Å². The summed E-state index contributed by atoms with van der Waals surface area (Å²) in [4.78, 5) is 17.4. The van der Waals surface area contributed by atoms with Gasteiger partial charge in [0.1, 0.15) is 11.4 Å². The molecule has 2 aromatic heterocycles. The quantitative estimate of drug-likeness (QED) is 0.626. The highest BCUT2D eigenvalue weighted by molar-refractivity contribution is 7.89. The lowest BCUT2D eigenvalue weighted by molar-refractivity contribution is 0.385. The fraction of sp³-hybridized carbons (Fsp3) is 0.222. The first-order chi connectivity index (χ1) is 13.3. The van der Waals surface area contributed by atoms with Crippen LogP contribution in [0.5, 0.6) is 5.75 Å². The van der Waals surface area contributed by atoms with Crippen LogP contribution < -0.4 is 10.3 Å². The van der Waals surface area contributed by atoms with Gasteiger partial charge in [-0.3, -0.25) is 9.20 Å². The fourth-order valence-electron chi connectivity index (χ4n) is 3.21. The first kappa shape index (κ1) is 19.2. The van der Waals surface area contributed by atoms with E-state index in [1.165, 1.54) is 40.2 Å². The zero-order valence-corrected chi connectivity index (χ0v) is 17.1. The SMILES string of the molecule is COc1ccc(S(=O)(=O)N2CCc3nc4ccc(Cl)cn4c(=O)c3C2)cc1Cl. The fourth-order valence-corrected chi connectivity index (χ4v) is 5.13. The van der Waals surface area contributed by atoms with Crippen LogP contribution >= 0.6 is 23.2 Å². The number of rotatable bonds is 3. The molecule has 0 saturated heterocycles. The van der Waals surface area contributed by atoms with Gasteiger partial charge in [0.2, 0.25) is 10.0 Å². The molecule has 0 radical (unpaired) electrons. The number of nitrogens with zero attached hydrogens (tertiary/aromatic N) is 3. The minimum atomic E-state index is -3.84. The minimum absolute atomic E-state index is 0.0404. The van der Waals surface area contributed by atoms with Crippen LogP contribution in [0.3, 0.4) is 0 Å². The van der Waals surface area contributed by atoms with Gasteiger partial charge in [-0.05, 0) is 30.3 Å². The van der Waals surface area contributed by atoms with E-state index in [0.29, 0.717) is 34.1 Å². The standard InChI is InChI=1S/C18H15Cl2N3O4S/c1-27-16-4-3-12(8-14(16)20)28(25,26)22-7-6-15-13(10-22)18(24)23-9-11(19)2-5-17(23)21-15/h2-5,8-9H,6-7,10H2,1H3. The van der Waals surface area contributed by atoms with E-state index in [9.17, 15) is 13.2 Å². The molecule has 28 heavy (non-hydrogen) atoms. The summed E-state index contributed by atoms with van der Waals surface area (Å²) in [5.41, 5.74) is 1.10. The second-order valence-corrected chi connectivity index (χ2v) is 9.08. The maximum absolute atomic E-state index is 13.1. The summed E-state index contributed by atoms with van der Waals surface area (Å²) in [6.45, 7) is 0.151. The van der Waals surface area contributed by atoms with Gasteiger partial charge in [-0.25, -0.2) is 13.4 Å². The third kappa shape index (κ3) is 3.16. The molecule has 0 fully saturated rings. The molecule has 0 bridgehead atoms.